The van der Waals surface area contributed by atoms with E-state index in [4.69, 9.17) is 0 Å². The van der Waals surface area contributed by atoms with Gasteiger partial charge in [-0.3, -0.25) is 14.9 Å². The van der Waals surface area contributed by atoms with Crippen LogP contribution in [0.5, 0.6) is 0 Å². The average molecular weight is 296 g/mol. The van der Waals surface area contributed by atoms with Gasteiger partial charge in [-0.2, -0.15) is 0 Å². The van der Waals surface area contributed by atoms with Gasteiger partial charge in [0, 0.05) is 24.8 Å². The van der Waals surface area contributed by atoms with Crippen molar-refractivity contribution < 1.29 is 9.72 Å². The molecule has 0 bridgehead atoms. The summed E-state index contributed by atoms with van der Waals surface area (Å²) in [5.41, 5.74) is 2.80. The first-order chi connectivity index (χ1) is 10.5. The van der Waals surface area contributed by atoms with Crippen molar-refractivity contribution in [3.63, 3.8) is 0 Å². The summed E-state index contributed by atoms with van der Waals surface area (Å²) >= 11 is 0. The third-order valence-electron chi connectivity index (χ3n) is 3.10. The smallest absolute Gasteiger partial charge is 0.270 e. The molecular weight excluding hydrogens is 280 g/mol. The lowest BCUT2D eigenvalue weighted by Crippen LogP contribution is -2.20. The maximum Gasteiger partial charge on any atom is 0.270 e. The number of nitro benzene ring substituents is 1. The Balaban J connectivity index is 1.92. The van der Waals surface area contributed by atoms with Crippen molar-refractivity contribution in [3.8, 4) is 0 Å². The molecule has 0 spiro atoms. The highest BCUT2D eigenvalue weighted by molar-refractivity contribution is 5.91. The summed E-state index contributed by atoms with van der Waals surface area (Å²) in [4.78, 5) is 22.0. The normalized spacial score (nSPS) is 10.6. The zero-order valence-electron chi connectivity index (χ0n) is 12.2. The Bertz CT molecular complexity index is 706. The van der Waals surface area contributed by atoms with Crippen LogP contribution in [-0.2, 0) is 11.3 Å². The number of rotatable bonds is 5. The average Bonchev–Trinajstić information content (AvgIpc) is 2.52. The van der Waals surface area contributed by atoms with Crippen LogP contribution in [0.4, 0.5) is 5.69 Å². The molecular formula is C17H16N2O3. The maximum absolute atomic E-state index is 11.7. The van der Waals surface area contributed by atoms with E-state index in [0.717, 1.165) is 5.56 Å². The van der Waals surface area contributed by atoms with Crippen LogP contribution in [0.25, 0.3) is 6.08 Å². The fraction of sp³-hybridized carbons (Fsp3) is 0.118. The number of nitrogens with one attached hydrogen (secondary N) is 1. The number of nitro groups is 1. The Morgan fingerprint density at radius 1 is 1.23 bits per heavy atom. The number of hydrogen-bond acceptors (Lipinski definition) is 3. The summed E-state index contributed by atoms with van der Waals surface area (Å²) in [6.45, 7) is 2.45. The molecule has 1 amide bonds. The first-order valence-corrected chi connectivity index (χ1v) is 6.80. The number of aryl methyl sites for hydroxylation is 1. The molecule has 2 rings (SSSR count). The van der Waals surface area contributed by atoms with Crippen LogP contribution in [0.15, 0.2) is 54.6 Å². The zero-order valence-corrected chi connectivity index (χ0v) is 12.2. The quantitative estimate of drug-likeness (QED) is 0.523. The predicted molar refractivity (Wildman–Crippen MR) is 85.2 cm³/mol. The molecule has 2 aromatic carbocycles. The van der Waals surface area contributed by atoms with E-state index in [1.54, 1.807) is 18.2 Å². The van der Waals surface area contributed by atoms with Gasteiger partial charge in [0.1, 0.15) is 0 Å². The Labute approximate surface area is 128 Å². The Hall–Kier alpha value is -2.95. The summed E-state index contributed by atoms with van der Waals surface area (Å²) in [7, 11) is 0. The van der Waals surface area contributed by atoms with E-state index in [1.165, 1.54) is 23.8 Å². The van der Waals surface area contributed by atoms with Crippen molar-refractivity contribution >= 4 is 17.7 Å². The highest BCUT2D eigenvalue weighted by Gasteiger charge is 2.04. The van der Waals surface area contributed by atoms with Gasteiger partial charge in [-0.15, -0.1) is 0 Å². The van der Waals surface area contributed by atoms with Crippen LogP contribution in [0.3, 0.4) is 0 Å². The molecule has 0 unspecified atom stereocenters. The molecule has 0 aromatic heterocycles. The molecule has 2 aromatic rings. The van der Waals surface area contributed by atoms with Gasteiger partial charge in [0.2, 0.25) is 5.91 Å². The van der Waals surface area contributed by atoms with E-state index in [1.807, 2.05) is 31.2 Å². The molecule has 0 fully saturated rings. The lowest BCUT2D eigenvalue weighted by molar-refractivity contribution is -0.384. The first kappa shape index (κ1) is 15.4. The van der Waals surface area contributed by atoms with Gasteiger partial charge in [0.05, 0.1) is 4.92 Å². The van der Waals surface area contributed by atoms with Crippen LogP contribution in [0, 0.1) is 17.0 Å². The minimum absolute atomic E-state index is 0.00205. The minimum atomic E-state index is -0.463. The second kappa shape index (κ2) is 7.17. The number of nitrogens with zero attached hydrogens (tertiary/aromatic N) is 1. The number of hydrogen-bond donors (Lipinski definition) is 1. The summed E-state index contributed by atoms with van der Waals surface area (Å²) in [6, 6.07) is 14.0. The van der Waals surface area contributed by atoms with Crippen LogP contribution in [0.1, 0.15) is 16.7 Å². The Morgan fingerprint density at radius 3 is 2.64 bits per heavy atom. The molecule has 0 atom stereocenters. The summed E-state index contributed by atoms with van der Waals surface area (Å²) in [5.74, 6) is -0.243. The zero-order chi connectivity index (χ0) is 15.9. The van der Waals surface area contributed by atoms with Gasteiger partial charge in [-0.1, -0.05) is 42.0 Å². The standard InChI is InChI=1S/C17H16N2O3/c1-13-5-7-15(8-6-13)12-18-17(20)10-9-14-3-2-4-16(11-14)19(21)22/h2-11H,12H2,1H3,(H,18,20). The van der Waals surface area contributed by atoms with Crippen molar-refractivity contribution in [2.75, 3.05) is 0 Å². The Morgan fingerprint density at radius 2 is 1.95 bits per heavy atom. The number of benzene rings is 2. The second-order valence-corrected chi connectivity index (χ2v) is 4.89. The van der Waals surface area contributed by atoms with E-state index in [9.17, 15) is 14.9 Å². The van der Waals surface area contributed by atoms with Crippen molar-refractivity contribution in [2.45, 2.75) is 13.5 Å². The van der Waals surface area contributed by atoms with Gasteiger partial charge in [-0.25, -0.2) is 0 Å². The monoisotopic (exact) mass is 296 g/mol. The lowest BCUT2D eigenvalue weighted by atomic mass is 10.1. The first-order valence-electron chi connectivity index (χ1n) is 6.80. The molecule has 0 heterocycles. The minimum Gasteiger partial charge on any atom is -0.348 e. The van der Waals surface area contributed by atoms with E-state index in [2.05, 4.69) is 5.32 Å². The van der Waals surface area contributed by atoms with E-state index in [-0.39, 0.29) is 11.6 Å². The molecule has 22 heavy (non-hydrogen) atoms. The summed E-state index contributed by atoms with van der Waals surface area (Å²) < 4.78 is 0. The largest absolute Gasteiger partial charge is 0.348 e. The van der Waals surface area contributed by atoms with Crippen molar-refractivity contribution in [1.82, 2.24) is 5.32 Å². The number of amides is 1. The molecule has 0 radical (unpaired) electrons. The molecule has 5 heteroatoms. The molecule has 0 saturated heterocycles. The molecule has 0 aliphatic rings. The third-order valence-corrected chi connectivity index (χ3v) is 3.10. The molecule has 0 aliphatic carbocycles. The van der Waals surface area contributed by atoms with E-state index >= 15 is 0 Å². The fourth-order valence-electron chi connectivity index (χ4n) is 1.87. The maximum atomic E-state index is 11.7. The van der Waals surface area contributed by atoms with Gasteiger partial charge < -0.3 is 5.32 Å². The molecule has 1 N–H and O–H groups in total. The van der Waals surface area contributed by atoms with Gasteiger partial charge in [0.15, 0.2) is 0 Å². The number of carbonyl (C=O) groups is 1. The van der Waals surface area contributed by atoms with Gasteiger partial charge >= 0.3 is 0 Å². The van der Waals surface area contributed by atoms with Crippen LogP contribution >= 0.6 is 0 Å². The number of carbonyl (C=O) groups excluding carboxylic acids is 1. The van der Waals surface area contributed by atoms with Crippen LogP contribution in [0.2, 0.25) is 0 Å². The van der Waals surface area contributed by atoms with Crippen molar-refractivity contribution in [2.24, 2.45) is 0 Å². The lowest BCUT2D eigenvalue weighted by Gasteiger charge is -2.03. The molecule has 5 nitrogen and oxygen atoms in total. The van der Waals surface area contributed by atoms with Gasteiger partial charge in [0.25, 0.3) is 5.69 Å². The van der Waals surface area contributed by atoms with Crippen molar-refractivity contribution in [3.05, 3.63) is 81.4 Å². The fourth-order valence-corrected chi connectivity index (χ4v) is 1.87. The van der Waals surface area contributed by atoms with E-state index in [0.29, 0.717) is 12.1 Å². The van der Waals surface area contributed by atoms with Crippen molar-refractivity contribution in [1.29, 1.82) is 0 Å². The molecule has 0 aliphatic heterocycles. The second-order valence-electron chi connectivity index (χ2n) is 4.89. The van der Waals surface area contributed by atoms with Gasteiger partial charge in [-0.05, 0) is 24.1 Å². The van der Waals surface area contributed by atoms with Crippen LogP contribution in [-0.4, -0.2) is 10.8 Å². The molecule has 112 valence electrons. The summed E-state index contributed by atoms with van der Waals surface area (Å²) in [6.07, 6.45) is 2.92. The molecule has 0 saturated carbocycles. The van der Waals surface area contributed by atoms with Crippen LogP contribution < -0.4 is 5.32 Å². The SMILES string of the molecule is Cc1ccc(CNC(=O)C=Cc2cccc([N+](=O)[O-])c2)cc1. The number of non-ortho nitro benzene ring substituents is 1. The highest BCUT2D eigenvalue weighted by Crippen LogP contribution is 2.14. The third kappa shape index (κ3) is 4.56. The summed E-state index contributed by atoms with van der Waals surface area (Å²) in [5, 5.41) is 13.4. The Kier molecular flexibility index (Phi) is 5.03. The van der Waals surface area contributed by atoms with E-state index < -0.39 is 4.92 Å². The topological polar surface area (TPSA) is 72.2 Å². The highest BCUT2D eigenvalue weighted by atomic mass is 16.6. The predicted octanol–water partition coefficient (Wildman–Crippen LogP) is 3.23.